The summed E-state index contributed by atoms with van der Waals surface area (Å²) >= 11 is 0. The molecule has 1 aliphatic rings. The SMILES string of the molecule is Cc1cccc(Nc2ccc(N3CCN(S(=O)(=O)CCC(F)(F)F)CC3)nn2)n1. The molecule has 0 unspecified atom stereocenters. The Morgan fingerprint density at radius 1 is 1.03 bits per heavy atom. The van der Waals surface area contributed by atoms with E-state index in [1.165, 1.54) is 0 Å². The van der Waals surface area contributed by atoms with E-state index in [4.69, 9.17) is 0 Å². The van der Waals surface area contributed by atoms with Gasteiger partial charge in [-0.3, -0.25) is 0 Å². The van der Waals surface area contributed by atoms with Gasteiger partial charge in [-0.05, 0) is 31.2 Å². The smallest absolute Gasteiger partial charge is 0.352 e. The summed E-state index contributed by atoms with van der Waals surface area (Å²) in [6.07, 6.45) is -5.83. The van der Waals surface area contributed by atoms with Gasteiger partial charge in [-0.2, -0.15) is 17.5 Å². The van der Waals surface area contributed by atoms with Crippen molar-refractivity contribution in [1.29, 1.82) is 0 Å². The van der Waals surface area contributed by atoms with E-state index >= 15 is 0 Å². The van der Waals surface area contributed by atoms with Crippen LogP contribution in [0.1, 0.15) is 12.1 Å². The first kappa shape index (κ1) is 21.2. The molecule has 3 heterocycles. The van der Waals surface area contributed by atoms with E-state index in [1.807, 2.05) is 24.0 Å². The number of pyridine rings is 1. The minimum absolute atomic E-state index is 0.106. The first-order chi connectivity index (χ1) is 13.6. The van der Waals surface area contributed by atoms with Crippen molar-refractivity contribution in [1.82, 2.24) is 19.5 Å². The number of sulfonamides is 1. The largest absolute Gasteiger partial charge is 0.390 e. The molecular formula is C17H21F3N6O2S. The Bertz CT molecular complexity index is 929. The summed E-state index contributed by atoms with van der Waals surface area (Å²) < 4.78 is 62.2. The molecule has 0 amide bonds. The number of aryl methyl sites for hydroxylation is 1. The molecule has 0 bridgehead atoms. The van der Waals surface area contributed by atoms with Crippen LogP contribution in [0.4, 0.5) is 30.6 Å². The van der Waals surface area contributed by atoms with Gasteiger partial charge in [0.1, 0.15) is 5.82 Å². The molecule has 2 aromatic heterocycles. The molecule has 8 nitrogen and oxygen atoms in total. The maximum atomic E-state index is 12.3. The summed E-state index contributed by atoms with van der Waals surface area (Å²) in [6, 6.07) is 9.04. The van der Waals surface area contributed by atoms with Crippen LogP contribution in [-0.2, 0) is 10.0 Å². The predicted molar refractivity (Wildman–Crippen MR) is 103 cm³/mol. The van der Waals surface area contributed by atoms with Crippen molar-refractivity contribution in [2.45, 2.75) is 19.5 Å². The van der Waals surface area contributed by atoms with Gasteiger partial charge in [0.25, 0.3) is 0 Å². The van der Waals surface area contributed by atoms with Gasteiger partial charge in [-0.1, -0.05) is 6.07 Å². The standard InChI is InChI=1S/C17H21F3N6O2S/c1-13-3-2-4-14(21-13)22-15-5-6-16(24-23-15)25-8-10-26(11-9-25)29(27,28)12-7-17(18,19)20/h2-6H,7-12H2,1H3,(H,21,22,23). The van der Waals surface area contributed by atoms with E-state index in [0.717, 1.165) is 10.00 Å². The highest BCUT2D eigenvalue weighted by Gasteiger charge is 2.33. The van der Waals surface area contributed by atoms with Gasteiger partial charge in [0.15, 0.2) is 11.6 Å². The van der Waals surface area contributed by atoms with Crippen molar-refractivity contribution >= 4 is 27.5 Å². The molecule has 0 saturated carbocycles. The molecule has 158 valence electrons. The van der Waals surface area contributed by atoms with Crippen molar-refractivity contribution in [2.75, 3.05) is 42.1 Å². The lowest BCUT2D eigenvalue weighted by Gasteiger charge is -2.34. The number of hydrogen-bond donors (Lipinski definition) is 1. The topological polar surface area (TPSA) is 91.3 Å². The Balaban J connectivity index is 1.55. The average molecular weight is 430 g/mol. The van der Waals surface area contributed by atoms with Crippen LogP contribution in [0.15, 0.2) is 30.3 Å². The Labute approximate surface area is 166 Å². The highest BCUT2D eigenvalue weighted by atomic mass is 32.2. The summed E-state index contributed by atoms with van der Waals surface area (Å²) in [5.74, 6) is 0.800. The first-order valence-corrected chi connectivity index (χ1v) is 10.6. The summed E-state index contributed by atoms with van der Waals surface area (Å²) in [5, 5.41) is 11.3. The molecule has 0 atom stereocenters. The molecular weight excluding hydrogens is 409 g/mol. The van der Waals surface area contributed by atoms with Crippen LogP contribution in [0.25, 0.3) is 0 Å². The zero-order chi connectivity index (χ0) is 21.1. The lowest BCUT2D eigenvalue weighted by Crippen LogP contribution is -2.49. The van der Waals surface area contributed by atoms with E-state index in [1.54, 1.807) is 18.2 Å². The van der Waals surface area contributed by atoms with Gasteiger partial charge in [0, 0.05) is 31.9 Å². The number of halogens is 3. The normalized spacial score (nSPS) is 16.1. The van der Waals surface area contributed by atoms with Crippen LogP contribution in [0, 0.1) is 6.92 Å². The van der Waals surface area contributed by atoms with E-state index in [2.05, 4.69) is 20.5 Å². The van der Waals surface area contributed by atoms with Crippen LogP contribution in [-0.4, -0.2) is 66.0 Å². The van der Waals surface area contributed by atoms with E-state index in [0.29, 0.717) is 30.5 Å². The Kier molecular flexibility index (Phi) is 6.22. The van der Waals surface area contributed by atoms with E-state index in [9.17, 15) is 21.6 Å². The van der Waals surface area contributed by atoms with Gasteiger partial charge < -0.3 is 10.2 Å². The third-order valence-corrected chi connectivity index (χ3v) is 6.27. The molecule has 0 spiro atoms. The van der Waals surface area contributed by atoms with Crippen LogP contribution < -0.4 is 10.2 Å². The predicted octanol–water partition coefficient (Wildman–Crippen LogP) is 2.33. The fourth-order valence-corrected chi connectivity index (χ4v) is 4.34. The molecule has 2 aromatic rings. The molecule has 1 aliphatic heterocycles. The maximum absolute atomic E-state index is 12.3. The van der Waals surface area contributed by atoms with Crippen LogP contribution in [0.3, 0.4) is 0 Å². The van der Waals surface area contributed by atoms with Crippen LogP contribution in [0.2, 0.25) is 0 Å². The number of aromatic nitrogens is 3. The Hall–Kier alpha value is -2.47. The van der Waals surface area contributed by atoms with E-state index < -0.39 is 28.4 Å². The summed E-state index contributed by atoms with van der Waals surface area (Å²) in [7, 11) is -3.93. The van der Waals surface area contributed by atoms with Gasteiger partial charge in [-0.25, -0.2) is 13.4 Å². The number of rotatable bonds is 6. The van der Waals surface area contributed by atoms with Crippen molar-refractivity contribution in [3.63, 3.8) is 0 Å². The van der Waals surface area contributed by atoms with Crippen molar-refractivity contribution in [3.05, 3.63) is 36.0 Å². The Morgan fingerprint density at radius 2 is 1.76 bits per heavy atom. The summed E-state index contributed by atoms with van der Waals surface area (Å²) in [6.45, 7) is 2.74. The summed E-state index contributed by atoms with van der Waals surface area (Å²) in [5.41, 5.74) is 0.864. The number of nitrogens with zero attached hydrogens (tertiary/aromatic N) is 5. The molecule has 0 radical (unpaired) electrons. The second kappa shape index (κ2) is 8.49. The van der Waals surface area contributed by atoms with Crippen molar-refractivity contribution in [2.24, 2.45) is 0 Å². The average Bonchev–Trinajstić information content (AvgIpc) is 2.67. The highest BCUT2D eigenvalue weighted by Crippen LogP contribution is 2.22. The number of hydrogen-bond acceptors (Lipinski definition) is 7. The third-order valence-electron chi connectivity index (χ3n) is 4.39. The second-order valence-corrected chi connectivity index (χ2v) is 8.72. The first-order valence-electron chi connectivity index (χ1n) is 8.96. The minimum atomic E-state index is -4.49. The fourth-order valence-electron chi connectivity index (χ4n) is 2.87. The lowest BCUT2D eigenvalue weighted by molar-refractivity contribution is -0.130. The number of alkyl halides is 3. The van der Waals surface area contributed by atoms with Gasteiger partial charge >= 0.3 is 6.18 Å². The molecule has 3 rings (SSSR count). The molecule has 1 saturated heterocycles. The number of anilines is 3. The van der Waals surface area contributed by atoms with Crippen molar-refractivity contribution < 1.29 is 21.6 Å². The third kappa shape index (κ3) is 6.00. The zero-order valence-electron chi connectivity index (χ0n) is 15.7. The molecule has 0 aromatic carbocycles. The van der Waals surface area contributed by atoms with E-state index in [-0.39, 0.29) is 13.1 Å². The summed E-state index contributed by atoms with van der Waals surface area (Å²) in [4.78, 5) is 6.16. The van der Waals surface area contributed by atoms with Gasteiger partial charge in [-0.15, -0.1) is 10.2 Å². The fraction of sp³-hybridized carbons (Fsp3) is 0.471. The number of piperazine rings is 1. The highest BCUT2D eigenvalue weighted by molar-refractivity contribution is 7.89. The minimum Gasteiger partial charge on any atom is -0.352 e. The molecule has 29 heavy (non-hydrogen) atoms. The Morgan fingerprint density at radius 3 is 2.34 bits per heavy atom. The van der Waals surface area contributed by atoms with Gasteiger partial charge in [0.05, 0.1) is 12.2 Å². The van der Waals surface area contributed by atoms with Gasteiger partial charge in [0.2, 0.25) is 10.0 Å². The molecule has 0 aliphatic carbocycles. The second-order valence-electron chi connectivity index (χ2n) is 6.63. The quantitative estimate of drug-likeness (QED) is 0.752. The van der Waals surface area contributed by atoms with Crippen molar-refractivity contribution in [3.8, 4) is 0 Å². The zero-order valence-corrected chi connectivity index (χ0v) is 16.5. The van der Waals surface area contributed by atoms with Crippen LogP contribution >= 0.6 is 0 Å². The molecule has 12 heteroatoms. The maximum Gasteiger partial charge on any atom is 0.390 e. The number of nitrogens with one attached hydrogen (secondary N) is 1. The lowest BCUT2D eigenvalue weighted by atomic mass is 10.3. The monoisotopic (exact) mass is 430 g/mol. The molecule has 1 fully saturated rings. The molecule has 1 N–H and O–H groups in total. The van der Waals surface area contributed by atoms with Crippen LogP contribution in [0.5, 0.6) is 0 Å².